The highest BCUT2D eigenvalue weighted by atomic mass is 16.6. The number of nitrogens with zero attached hydrogens (tertiary/aromatic N) is 3. The Kier molecular flexibility index (Phi) is 5.76. The highest BCUT2D eigenvalue weighted by Crippen LogP contribution is 2.20. The minimum absolute atomic E-state index is 0.163. The summed E-state index contributed by atoms with van der Waals surface area (Å²) < 4.78 is 5.37. The topological polar surface area (TPSA) is 99.3 Å². The zero-order chi connectivity index (χ0) is 21.2. The van der Waals surface area contributed by atoms with Crippen LogP contribution in [-0.4, -0.2) is 72.1 Å². The van der Waals surface area contributed by atoms with Gasteiger partial charge >= 0.3 is 12.1 Å². The summed E-state index contributed by atoms with van der Waals surface area (Å²) in [6.45, 7) is 7.33. The molecule has 0 bridgehead atoms. The maximum absolute atomic E-state index is 12.9. The number of carbonyl (C=O) groups is 4. The van der Waals surface area contributed by atoms with Crippen molar-refractivity contribution >= 4 is 29.6 Å². The lowest BCUT2D eigenvalue weighted by Crippen LogP contribution is -2.51. The quantitative estimate of drug-likeness (QED) is 0.814. The van der Waals surface area contributed by atoms with E-state index in [4.69, 9.17) is 4.74 Å². The van der Waals surface area contributed by atoms with Crippen molar-refractivity contribution in [2.45, 2.75) is 32.8 Å². The standard InChI is InChI=1S/C20H26N4O5/c1-20(2,3)29-19(28)23-11-9-22(10-12-23)17(26)14-5-4-6-15(13-14)24-8-7-16(25)21-18(24)27/h4-6,13H,7-12H2,1-3H3,(H,21,25,27). The number of amides is 5. The van der Waals surface area contributed by atoms with Crippen LogP contribution in [0.2, 0.25) is 0 Å². The lowest BCUT2D eigenvalue weighted by molar-refractivity contribution is -0.120. The number of piperazine rings is 1. The first-order valence-corrected chi connectivity index (χ1v) is 9.63. The molecule has 0 radical (unpaired) electrons. The Morgan fingerprint density at radius 1 is 1.00 bits per heavy atom. The zero-order valence-electron chi connectivity index (χ0n) is 16.9. The van der Waals surface area contributed by atoms with Crippen molar-refractivity contribution in [3.63, 3.8) is 0 Å². The largest absolute Gasteiger partial charge is 0.444 e. The summed E-state index contributed by atoms with van der Waals surface area (Å²) in [6, 6.07) is 6.30. The third kappa shape index (κ3) is 5.04. The van der Waals surface area contributed by atoms with E-state index in [-0.39, 0.29) is 30.9 Å². The number of carbonyl (C=O) groups excluding carboxylic acids is 4. The average Bonchev–Trinajstić information content (AvgIpc) is 2.66. The summed E-state index contributed by atoms with van der Waals surface area (Å²) in [6.07, 6.45) is -0.159. The van der Waals surface area contributed by atoms with Crippen LogP contribution in [-0.2, 0) is 9.53 Å². The van der Waals surface area contributed by atoms with Gasteiger partial charge in [-0.05, 0) is 39.0 Å². The van der Waals surface area contributed by atoms with Crippen LogP contribution < -0.4 is 10.2 Å². The van der Waals surface area contributed by atoms with E-state index < -0.39 is 11.6 Å². The molecule has 9 nitrogen and oxygen atoms in total. The number of anilines is 1. The van der Waals surface area contributed by atoms with E-state index in [0.29, 0.717) is 37.4 Å². The number of ether oxygens (including phenoxy) is 1. The number of benzene rings is 1. The monoisotopic (exact) mass is 402 g/mol. The maximum Gasteiger partial charge on any atom is 0.410 e. The fourth-order valence-electron chi connectivity index (χ4n) is 3.22. The van der Waals surface area contributed by atoms with E-state index in [1.165, 1.54) is 4.90 Å². The van der Waals surface area contributed by atoms with Crippen LogP contribution in [0.25, 0.3) is 0 Å². The zero-order valence-corrected chi connectivity index (χ0v) is 16.9. The molecule has 0 aliphatic carbocycles. The van der Waals surface area contributed by atoms with E-state index in [0.717, 1.165) is 0 Å². The molecule has 2 aliphatic rings. The van der Waals surface area contributed by atoms with Crippen LogP contribution >= 0.6 is 0 Å². The lowest BCUT2D eigenvalue weighted by atomic mass is 10.1. The predicted molar refractivity (Wildman–Crippen MR) is 106 cm³/mol. The predicted octanol–water partition coefficient (Wildman–Crippen LogP) is 1.83. The molecule has 29 heavy (non-hydrogen) atoms. The van der Waals surface area contributed by atoms with E-state index >= 15 is 0 Å². The van der Waals surface area contributed by atoms with Gasteiger partial charge in [0.25, 0.3) is 5.91 Å². The van der Waals surface area contributed by atoms with Crippen LogP contribution in [0.4, 0.5) is 15.3 Å². The molecule has 1 N–H and O–H groups in total. The summed E-state index contributed by atoms with van der Waals surface area (Å²) in [5, 5.41) is 2.27. The Bertz CT molecular complexity index is 824. The first kappa shape index (κ1) is 20.6. The van der Waals surface area contributed by atoms with Gasteiger partial charge in [0.15, 0.2) is 0 Å². The van der Waals surface area contributed by atoms with E-state index in [1.807, 2.05) is 20.8 Å². The smallest absolute Gasteiger partial charge is 0.410 e. The molecule has 3 rings (SSSR count). The number of urea groups is 1. The van der Waals surface area contributed by atoms with E-state index in [1.54, 1.807) is 34.1 Å². The van der Waals surface area contributed by atoms with Crippen LogP contribution in [0.15, 0.2) is 24.3 Å². The maximum atomic E-state index is 12.9. The van der Waals surface area contributed by atoms with Crippen molar-refractivity contribution in [2.24, 2.45) is 0 Å². The van der Waals surface area contributed by atoms with Crippen LogP contribution in [0.1, 0.15) is 37.6 Å². The number of nitrogens with one attached hydrogen (secondary N) is 1. The summed E-state index contributed by atoms with van der Waals surface area (Å²) in [5.41, 5.74) is 0.460. The molecular formula is C20H26N4O5. The van der Waals surface area contributed by atoms with Crippen LogP contribution in [0.5, 0.6) is 0 Å². The molecule has 2 fully saturated rings. The van der Waals surface area contributed by atoms with Gasteiger partial charge in [0, 0.05) is 50.4 Å². The molecule has 2 aliphatic heterocycles. The molecule has 1 aromatic rings. The molecule has 0 aromatic heterocycles. The Hall–Kier alpha value is -3.10. The van der Waals surface area contributed by atoms with Gasteiger partial charge in [0.1, 0.15) is 5.60 Å². The lowest BCUT2D eigenvalue weighted by Gasteiger charge is -2.35. The molecule has 156 valence electrons. The average molecular weight is 402 g/mol. The minimum Gasteiger partial charge on any atom is -0.444 e. The Labute approximate surface area is 169 Å². The Morgan fingerprint density at radius 2 is 1.66 bits per heavy atom. The molecular weight excluding hydrogens is 376 g/mol. The van der Waals surface area contributed by atoms with Gasteiger partial charge in [-0.3, -0.25) is 19.8 Å². The fraction of sp³-hybridized carbons (Fsp3) is 0.500. The van der Waals surface area contributed by atoms with E-state index in [2.05, 4.69) is 5.32 Å². The number of hydrogen-bond acceptors (Lipinski definition) is 5. The van der Waals surface area contributed by atoms with Gasteiger partial charge in [-0.15, -0.1) is 0 Å². The van der Waals surface area contributed by atoms with Crippen molar-refractivity contribution in [1.29, 1.82) is 0 Å². The molecule has 0 unspecified atom stereocenters. The van der Waals surface area contributed by atoms with Gasteiger partial charge < -0.3 is 14.5 Å². The Morgan fingerprint density at radius 3 is 2.28 bits per heavy atom. The second kappa shape index (κ2) is 8.10. The SMILES string of the molecule is CC(C)(C)OC(=O)N1CCN(C(=O)c2cccc(N3CCC(=O)NC3=O)c2)CC1. The second-order valence-corrected chi connectivity index (χ2v) is 8.06. The van der Waals surface area contributed by atoms with Crippen molar-refractivity contribution in [2.75, 3.05) is 37.6 Å². The normalized spacial score (nSPS) is 17.8. The third-order valence-electron chi connectivity index (χ3n) is 4.68. The molecule has 0 spiro atoms. The first-order chi connectivity index (χ1) is 13.6. The first-order valence-electron chi connectivity index (χ1n) is 9.63. The summed E-state index contributed by atoms with van der Waals surface area (Å²) in [4.78, 5) is 53.1. The fourth-order valence-corrected chi connectivity index (χ4v) is 3.22. The molecule has 9 heteroatoms. The van der Waals surface area contributed by atoms with Crippen LogP contribution in [0, 0.1) is 0 Å². The van der Waals surface area contributed by atoms with Gasteiger partial charge in [-0.1, -0.05) is 6.07 Å². The summed E-state index contributed by atoms with van der Waals surface area (Å²) >= 11 is 0. The van der Waals surface area contributed by atoms with E-state index in [9.17, 15) is 19.2 Å². The van der Waals surface area contributed by atoms with Gasteiger partial charge in [0.05, 0.1) is 0 Å². The minimum atomic E-state index is -0.560. The molecule has 1 aromatic carbocycles. The van der Waals surface area contributed by atoms with Crippen LogP contribution in [0.3, 0.4) is 0 Å². The molecule has 2 heterocycles. The van der Waals surface area contributed by atoms with Crippen molar-refractivity contribution in [1.82, 2.24) is 15.1 Å². The second-order valence-electron chi connectivity index (χ2n) is 8.06. The highest BCUT2D eigenvalue weighted by Gasteiger charge is 2.29. The number of rotatable bonds is 2. The molecule has 0 saturated carbocycles. The summed E-state index contributed by atoms with van der Waals surface area (Å²) in [7, 11) is 0. The molecule has 5 amide bonds. The Balaban J connectivity index is 1.62. The van der Waals surface area contributed by atoms with Gasteiger partial charge in [0.2, 0.25) is 5.91 Å². The van der Waals surface area contributed by atoms with Crippen molar-refractivity contribution in [3.05, 3.63) is 29.8 Å². The van der Waals surface area contributed by atoms with Gasteiger partial charge in [-0.2, -0.15) is 0 Å². The molecule has 0 atom stereocenters. The highest BCUT2D eigenvalue weighted by molar-refractivity contribution is 6.06. The van der Waals surface area contributed by atoms with Gasteiger partial charge in [-0.25, -0.2) is 9.59 Å². The van der Waals surface area contributed by atoms with Crippen molar-refractivity contribution < 1.29 is 23.9 Å². The number of hydrogen-bond donors (Lipinski definition) is 1. The molecule has 2 saturated heterocycles. The summed E-state index contributed by atoms with van der Waals surface area (Å²) in [5.74, 6) is -0.467. The number of imide groups is 1. The third-order valence-corrected chi connectivity index (χ3v) is 4.68. The van der Waals surface area contributed by atoms with Crippen molar-refractivity contribution in [3.8, 4) is 0 Å².